The second-order valence-corrected chi connectivity index (χ2v) is 8.09. The molecule has 1 heterocycles. The maximum absolute atomic E-state index is 6.16. The van der Waals surface area contributed by atoms with Crippen LogP contribution < -0.4 is 9.47 Å². The lowest BCUT2D eigenvalue weighted by molar-refractivity contribution is 0.125. The number of aromatic nitrogens is 2. The fraction of sp³-hybridized carbons (Fsp3) is 0.364. The lowest BCUT2D eigenvalue weighted by atomic mass is 9.98. The quantitative estimate of drug-likeness (QED) is 0.580. The molecule has 2 aromatic carbocycles. The Kier molecular flexibility index (Phi) is 4.54. The molecule has 4 nitrogen and oxygen atoms in total. The molecule has 2 bridgehead atoms. The second-order valence-electron chi connectivity index (χ2n) is 7.56. The van der Waals surface area contributed by atoms with Crippen molar-refractivity contribution in [1.29, 1.82) is 0 Å². The Labute approximate surface area is 163 Å². The summed E-state index contributed by atoms with van der Waals surface area (Å²) in [6.45, 7) is 0.466. The first-order chi connectivity index (χ1) is 13.3. The van der Waals surface area contributed by atoms with Gasteiger partial charge in [-0.25, -0.2) is 0 Å². The second kappa shape index (κ2) is 7.31. The molecule has 0 N–H and O–H groups in total. The summed E-state index contributed by atoms with van der Waals surface area (Å²) < 4.78 is 20.7. The van der Waals surface area contributed by atoms with Crippen molar-refractivity contribution in [3.63, 3.8) is 0 Å². The van der Waals surface area contributed by atoms with Crippen molar-refractivity contribution < 1.29 is 9.47 Å². The third-order valence-corrected chi connectivity index (χ3v) is 6.30. The van der Waals surface area contributed by atoms with Crippen LogP contribution in [0, 0.1) is 11.8 Å². The van der Waals surface area contributed by atoms with E-state index >= 15 is 0 Å². The monoisotopic (exact) mass is 378 g/mol. The lowest BCUT2D eigenvalue weighted by Gasteiger charge is -2.21. The summed E-state index contributed by atoms with van der Waals surface area (Å²) in [5, 5.41) is 0. The summed E-state index contributed by atoms with van der Waals surface area (Å²) in [6, 6.07) is 18.8. The first-order valence-electron chi connectivity index (χ1n) is 9.61. The van der Waals surface area contributed by atoms with Gasteiger partial charge in [0.05, 0.1) is 11.7 Å². The fourth-order valence-electron chi connectivity index (χ4n) is 4.38. The van der Waals surface area contributed by atoms with Crippen LogP contribution in [0.3, 0.4) is 0 Å². The fourth-order valence-corrected chi connectivity index (χ4v) is 4.82. The van der Waals surface area contributed by atoms with E-state index in [1.165, 1.54) is 30.4 Å². The summed E-state index contributed by atoms with van der Waals surface area (Å²) >= 11 is 1.15. The zero-order valence-corrected chi connectivity index (χ0v) is 15.9. The Balaban J connectivity index is 1.21. The maximum Gasteiger partial charge on any atom is 0.291 e. The number of hydrogen-bond acceptors (Lipinski definition) is 5. The van der Waals surface area contributed by atoms with Gasteiger partial charge in [-0.05, 0) is 54.2 Å². The highest BCUT2D eigenvalue weighted by molar-refractivity contribution is 6.99. The maximum atomic E-state index is 6.16. The van der Waals surface area contributed by atoms with E-state index in [-0.39, 0.29) is 0 Å². The summed E-state index contributed by atoms with van der Waals surface area (Å²) in [7, 11) is 0. The van der Waals surface area contributed by atoms with E-state index in [4.69, 9.17) is 9.47 Å². The predicted molar refractivity (Wildman–Crippen MR) is 106 cm³/mol. The molecule has 2 aliphatic carbocycles. The van der Waals surface area contributed by atoms with Gasteiger partial charge in [-0.15, -0.1) is 8.75 Å². The normalized spacial score (nSPS) is 23.5. The SMILES string of the molecule is c1ccc(-c2ccc(COc3nsnc3O[C@H]3C[C@@H]4CC[C@H]3C4)cc2)cc1. The molecule has 0 unspecified atom stereocenters. The summed E-state index contributed by atoms with van der Waals surface area (Å²) in [4.78, 5) is 0. The summed E-state index contributed by atoms with van der Waals surface area (Å²) in [6.07, 6.45) is 5.41. The van der Waals surface area contributed by atoms with Gasteiger partial charge in [0.15, 0.2) is 0 Å². The molecule has 2 fully saturated rings. The molecule has 3 atom stereocenters. The zero-order chi connectivity index (χ0) is 18.1. The molecule has 2 saturated carbocycles. The van der Waals surface area contributed by atoms with Crippen LogP contribution in [-0.4, -0.2) is 14.9 Å². The van der Waals surface area contributed by atoms with Crippen molar-refractivity contribution >= 4 is 11.7 Å². The van der Waals surface area contributed by atoms with Gasteiger partial charge in [0.25, 0.3) is 11.8 Å². The smallest absolute Gasteiger partial charge is 0.291 e. The van der Waals surface area contributed by atoms with E-state index in [0.29, 0.717) is 30.4 Å². The Morgan fingerprint density at radius 3 is 2.37 bits per heavy atom. The first kappa shape index (κ1) is 16.8. The van der Waals surface area contributed by atoms with Crippen LogP contribution >= 0.6 is 11.7 Å². The zero-order valence-electron chi connectivity index (χ0n) is 15.1. The van der Waals surface area contributed by atoms with Gasteiger partial charge in [0.2, 0.25) is 0 Å². The number of ether oxygens (including phenoxy) is 2. The Morgan fingerprint density at radius 2 is 1.63 bits per heavy atom. The number of hydrogen-bond donors (Lipinski definition) is 0. The third kappa shape index (κ3) is 3.56. The van der Waals surface area contributed by atoms with Crippen molar-refractivity contribution in [1.82, 2.24) is 8.75 Å². The predicted octanol–water partition coefficient (Wildman–Crippen LogP) is 5.35. The molecule has 0 aliphatic heterocycles. The van der Waals surface area contributed by atoms with Crippen LogP contribution in [0.15, 0.2) is 54.6 Å². The molecule has 1 aromatic heterocycles. The van der Waals surface area contributed by atoms with Gasteiger partial charge in [-0.2, -0.15) is 0 Å². The molecule has 0 radical (unpaired) electrons. The molecule has 0 spiro atoms. The van der Waals surface area contributed by atoms with E-state index < -0.39 is 0 Å². The minimum atomic E-state index is 0.292. The Bertz CT molecular complexity index is 894. The van der Waals surface area contributed by atoms with Gasteiger partial charge < -0.3 is 9.47 Å². The Morgan fingerprint density at radius 1 is 0.852 bits per heavy atom. The summed E-state index contributed by atoms with van der Waals surface area (Å²) in [5.74, 6) is 2.63. The van der Waals surface area contributed by atoms with Crippen LogP contribution in [0.1, 0.15) is 31.2 Å². The molecule has 138 valence electrons. The van der Waals surface area contributed by atoms with Crippen molar-refractivity contribution in [3.05, 3.63) is 60.2 Å². The molecule has 27 heavy (non-hydrogen) atoms. The molecular weight excluding hydrogens is 356 g/mol. The van der Waals surface area contributed by atoms with Crippen molar-refractivity contribution in [3.8, 4) is 22.9 Å². The van der Waals surface area contributed by atoms with Crippen molar-refractivity contribution in [2.45, 2.75) is 38.4 Å². The molecule has 0 amide bonds. The first-order valence-corrected chi connectivity index (χ1v) is 10.3. The minimum Gasteiger partial charge on any atom is -0.470 e. The average Bonchev–Trinajstić information content (AvgIpc) is 3.45. The number of rotatable bonds is 6. The van der Waals surface area contributed by atoms with Gasteiger partial charge in [-0.3, -0.25) is 0 Å². The molecule has 2 aliphatic rings. The van der Waals surface area contributed by atoms with Gasteiger partial charge >= 0.3 is 0 Å². The van der Waals surface area contributed by atoms with Crippen molar-refractivity contribution in [2.24, 2.45) is 11.8 Å². The molecule has 0 saturated heterocycles. The lowest BCUT2D eigenvalue weighted by Crippen LogP contribution is -2.23. The molecule has 5 rings (SSSR count). The third-order valence-electron chi connectivity index (χ3n) is 5.80. The highest BCUT2D eigenvalue weighted by Gasteiger charge is 2.41. The largest absolute Gasteiger partial charge is 0.470 e. The molecular formula is C22H22N2O2S. The topological polar surface area (TPSA) is 44.2 Å². The Hall–Kier alpha value is -2.40. The highest BCUT2D eigenvalue weighted by Crippen LogP contribution is 2.46. The number of benzene rings is 2. The molecule has 5 heteroatoms. The summed E-state index contributed by atoms with van der Waals surface area (Å²) in [5.41, 5.74) is 3.53. The van der Waals surface area contributed by atoms with E-state index in [2.05, 4.69) is 57.3 Å². The van der Waals surface area contributed by atoms with Crippen LogP contribution in [0.2, 0.25) is 0 Å². The van der Waals surface area contributed by atoms with Crippen LogP contribution in [0.5, 0.6) is 11.8 Å². The highest BCUT2D eigenvalue weighted by atomic mass is 32.1. The average molecular weight is 378 g/mol. The minimum absolute atomic E-state index is 0.292. The van der Waals surface area contributed by atoms with E-state index in [1.54, 1.807) is 0 Å². The molecule has 3 aromatic rings. The van der Waals surface area contributed by atoms with E-state index in [9.17, 15) is 0 Å². The van der Waals surface area contributed by atoms with Crippen molar-refractivity contribution in [2.75, 3.05) is 0 Å². The number of nitrogens with zero attached hydrogens (tertiary/aromatic N) is 2. The number of fused-ring (bicyclic) bond motifs is 2. The standard InChI is InChI=1S/C22H22N2O2S/c1-2-4-17(5-3-1)18-9-6-15(7-10-18)14-25-21-22(24-27-23-21)26-20-13-16-8-11-19(20)12-16/h1-7,9-10,16,19-20H,8,11-14H2/t16-,19+,20+/m1/s1. The van der Waals surface area contributed by atoms with Crippen LogP contribution in [-0.2, 0) is 6.61 Å². The van der Waals surface area contributed by atoms with Gasteiger partial charge in [0.1, 0.15) is 12.7 Å². The van der Waals surface area contributed by atoms with Gasteiger partial charge in [0, 0.05) is 0 Å². The van der Waals surface area contributed by atoms with E-state index in [1.807, 2.05) is 6.07 Å². The van der Waals surface area contributed by atoms with E-state index in [0.717, 1.165) is 29.6 Å². The van der Waals surface area contributed by atoms with Gasteiger partial charge in [-0.1, -0.05) is 54.6 Å². The van der Waals surface area contributed by atoms with Crippen LogP contribution in [0.4, 0.5) is 0 Å². The van der Waals surface area contributed by atoms with Crippen LogP contribution in [0.25, 0.3) is 11.1 Å².